The van der Waals surface area contributed by atoms with Crippen molar-refractivity contribution < 1.29 is 13.9 Å². The van der Waals surface area contributed by atoms with Crippen LogP contribution in [0.3, 0.4) is 0 Å². The van der Waals surface area contributed by atoms with E-state index < -0.39 is 6.29 Å². The second kappa shape index (κ2) is 4.07. The molecule has 0 spiro atoms. The van der Waals surface area contributed by atoms with Gasteiger partial charge in [0.25, 0.3) is 0 Å². The van der Waals surface area contributed by atoms with Crippen molar-refractivity contribution in [3.8, 4) is 0 Å². The summed E-state index contributed by atoms with van der Waals surface area (Å²) in [6.07, 6.45) is -0.401. The third-order valence-corrected chi connectivity index (χ3v) is 2.19. The normalized spacial score (nSPS) is 27.6. The molecule has 3 heteroatoms. The van der Waals surface area contributed by atoms with E-state index in [1.165, 1.54) is 12.1 Å². The van der Waals surface area contributed by atoms with Gasteiger partial charge < -0.3 is 9.47 Å². The number of hydrogen-bond acceptors (Lipinski definition) is 2. The van der Waals surface area contributed by atoms with Crippen molar-refractivity contribution in [2.75, 3.05) is 13.2 Å². The van der Waals surface area contributed by atoms with Crippen LogP contribution in [0.2, 0.25) is 0 Å². The van der Waals surface area contributed by atoms with E-state index in [9.17, 15) is 4.39 Å². The highest BCUT2D eigenvalue weighted by atomic mass is 19.1. The van der Waals surface area contributed by atoms with Gasteiger partial charge in [-0.2, -0.15) is 0 Å². The summed E-state index contributed by atoms with van der Waals surface area (Å²) in [5.74, 6) is 0.160. The van der Waals surface area contributed by atoms with Crippen LogP contribution >= 0.6 is 0 Å². The van der Waals surface area contributed by atoms with Crippen molar-refractivity contribution in [1.29, 1.82) is 0 Å². The van der Waals surface area contributed by atoms with Crippen LogP contribution < -0.4 is 0 Å². The molecule has 1 aliphatic heterocycles. The Hall–Kier alpha value is -0.930. The van der Waals surface area contributed by atoms with Gasteiger partial charge in [-0.15, -0.1) is 0 Å². The van der Waals surface area contributed by atoms with Gasteiger partial charge in [-0.1, -0.05) is 19.1 Å². The van der Waals surface area contributed by atoms with E-state index in [2.05, 4.69) is 6.92 Å². The Morgan fingerprint density at radius 2 is 2.00 bits per heavy atom. The first-order chi connectivity index (χ1) is 6.75. The molecule has 1 aromatic carbocycles. The molecule has 1 fully saturated rings. The Labute approximate surface area is 82.6 Å². The Morgan fingerprint density at radius 3 is 2.64 bits per heavy atom. The first-order valence-electron chi connectivity index (χ1n) is 4.74. The second-order valence-corrected chi connectivity index (χ2v) is 3.66. The first-order valence-corrected chi connectivity index (χ1v) is 4.74. The number of halogens is 1. The number of benzene rings is 1. The van der Waals surface area contributed by atoms with Crippen molar-refractivity contribution in [1.82, 2.24) is 0 Å². The van der Waals surface area contributed by atoms with Crippen LogP contribution in [0.15, 0.2) is 24.3 Å². The molecule has 76 valence electrons. The lowest BCUT2D eigenvalue weighted by molar-refractivity contribution is -0.202. The van der Waals surface area contributed by atoms with Crippen molar-refractivity contribution in [3.05, 3.63) is 35.6 Å². The minimum atomic E-state index is -0.401. The van der Waals surface area contributed by atoms with Gasteiger partial charge >= 0.3 is 0 Å². The lowest BCUT2D eigenvalue weighted by Gasteiger charge is -2.27. The Bertz CT molecular complexity index is 306. The van der Waals surface area contributed by atoms with Gasteiger partial charge in [0.05, 0.1) is 13.2 Å². The highest BCUT2D eigenvalue weighted by molar-refractivity contribution is 5.17. The minimum absolute atomic E-state index is 0.256. The molecule has 0 bridgehead atoms. The van der Waals surface area contributed by atoms with Gasteiger partial charge in [-0.05, 0) is 12.1 Å². The largest absolute Gasteiger partial charge is 0.348 e. The van der Waals surface area contributed by atoms with Crippen LogP contribution in [0.5, 0.6) is 0 Å². The molecule has 0 atom stereocenters. The summed E-state index contributed by atoms with van der Waals surface area (Å²) in [4.78, 5) is 0. The standard InChI is InChI=1S/C11H13FO2/c1-8-6-13-11(14-7-8)9-3-2-4-10(12)5-9/h2-5,8,11H,6-7H2,1H3. The smallest absolute Gasteiger partial charge is 0.183 e. The van der Waals surface area contributed by atoms with E-state index in [-0.39, 0.29) is 5.82 Å². The summed E-state index contributed by atoms with van der Waals surface area (Å²) in [6, 6.07) is 6.33. The third-order valence-electron chi connectivity index (χ3n) is 2.19. The van der Waals surface area contributed by atoms with Crippen LogP contribution in [0.25, 0.3) is 0 Å². The first kappa shape index (κ1) is 9.62. The van der Waals surface area contributed by atoms with Gasteiger partial charge in [-0.3, -0.25) is 0 Å². The van der Waals surface area contributed by atoms with Gasteiger partial charge in [0.2, 0.25) is 0 Å². The van der Waals surface area contributed by atoms with Crippen molar-refractivity contribution in [2.24, 2.45) is 5.92 Å². The van der Waals surface area contributed by atoms with Crippen LogP contribution in [-0.4, -0.2) is 13.2 Å². The monoisotopic (exact) mass is 196 g/mol. The molecule has 0 radical (unpaired) electrons. The molecular formula is C11H13FO2. The topological polar surface area (TPSA) is 18.5 Å². The summed E-state index contributed by atoms with van der Waals surface area (Å²) >= 11 is 0. The summed E-state index contributed by atoms with van der Waals surface area (Å²) < 4.78 is 23.8. The zero-order chi connectivity index (χ0) is 9.97. The lowest BCUT2D eigenvalue weighted by atomic mass is 10.1. The molecule has 0 N–H and O–H groups in total. The summed E-state index contributed by atoms with van der Waals surface area (Å²) in [5.41, 5.74) is 0.747. The predicted octanol–water partition coefficient (Wildman–Crippen LogP) is 2.51. The summed E-state index contributed by atoms with van der Waals surface area (Å²) in [5, 5.41) is 0. The van der Waals surface area contributed by atoms with Gasteiger partial charge in [0.15, 0.2) is 6.29 Å². The van der Waals surface area contributed by atoms with Crippen LogP contribution in [0.1, 0.15) is 18.8 Å². The van der Waals surface area contributed by atoms with Gasteiger partial charge in [0.1, 0.15) is 5.82 Å². The SMILES string of the molecule is CC1COC(c2cccc(F)c2)OC1. The van der Waals surface area contributed by atoms with E-state index in [0.29, 0.717) is 19.1 Å². The van der Waals surface area contributed by atoms with Gasteiger partial charge in [0, 0.05) is 11.5 Å². The summed E-state index contributed by atoms with van der Waals surface area (Å²) in [6.45, 7) is 3.39. The molecule has 0 amide bonds. The van der Waals surface area contributed by atoms with Gasteiger partial charge in [-0.25, -0.2) is 4.39 Å². The maximum Gasteiger partial charge on any atom is 0.183 e. The lowest BCUT2D eigenvalue weighted by Crippen LogP contribution is -2.25. The van der Waals surface area contributed by atoms with E-state index in [1.54, 1.807) is 6.07 Å². The minimum Gasteiger partial charge on any atom is -0.348 e. The Morgan fingerprint density at radius 1 is 1.29 bits per heavy atom. The molecule has 1 saturated heterocycles. The third kappa shape index (κ3) is 2.11. The second-order valence-electron chi connectivity index (χ2n) is 3.66. The maximum atomic E-state index is 12.9. The molecule has 1 heterocycles. The highest BCUT2D eigenvalue weighted by Crippen LogP contribution is 2.24. The van der Waals surface area contributed by atoms with Crippen LogP contribution in [-0.2, 0) is 9.47 Å². The van der Waals surface area contributed by atoms with E-state index >= 15 is 0 Å². The predicted molar refractivity (Wildman–Crippen MR) is 50.2 cm³/mol. The fourth-order valence-corrected chi connectivity index (χ4v) is 1.45. The number of rotatable bonds is 1. The number of ether oxygens (including phenoxy) is 2. The molecule has 2 nitrogen and oxygen atoms in total. The average molecular weight is 196 g/mol. The fourth-order valence-electron chi connectivity index (χ4n) is 1.45. The van der Waals surface area contributed by atoms with E-state index in [1.807, 2.05) is 6.07 Å². The Kier molecular flexibility index (Phi) is 2.79. The maximum absolute atomic E-state index is 12.9. The molecule has 2 rings (SSSR count). The molecule has 0 unspecified atom stereocenters. The summed E-state index contributed by atoms with van der Waals surface area (Å²) in [7, 11) is 0. The average Bonchev–Trinajstić information content (AvgIpc) is 2.19. The quantitative estimate of drug-likeness (QED) is 0.687. The fraction of sp³-hybridized carbons (Fsp3) is 0.455. The van der Waals surface area contributed by atoms with Crippen molar-refractivity contribution >= 4 is 0 Å². The van der Waals surface area contributed by atoms with Crippen LogP contribution in [0, 0.1) is 11.7 Å². The van der Waals surface area contributed by atoms with Crippen molar-refractivity contribution in [2.45, 2.75) is 13.2 Å². The zero-order valence-corrected chi connectivity index (χ0v) is 8.07. The molecule has 0 saturated carbocycles. The molecule has 1 aliphatic rings. The van der Waals surface area contributed by atoms with Crippen molar-refractivity contribution in [3.63, 3.8) is 0 Å². The van der Waals surface area contributed by atoms with E-state index in [0.717, 1.165) is 5.56 Å². The Balaban J connectivity index is 2.08. The molecule has 0 aromatic heterocycles. The highest BCUT2D eigenvalue weighted by Gasteiger charge is 2.20. The van der Waals surface area contributed by atoms with E-state index in [4.69, 9.17) is 9.47 Å². The van der Waals surface area contributed by atoms with Crippen LogP contribution in [0.4, 0.5) is 4.39 Å². The molecule has 14 heavy (non-hydrogen) atoms. The molecular weight excluding hydrogens is 183 g/mol. The molecule has 0 aliphatic carbocycles. The zero-order valence-electron chi connectivity index (χ0n) is 8.07. The number of hydrogen-bond donors (Lipinski definition) is 0. The molecule has 1 aromatic rings.